The minimum atomic E-state index is -2.07. The molecule has 2 aromatic heterocycles. The van der Waals surface area contributed by atoms with Crippen molar-refractivity contribution in [3.05, 3.63) is 328 Å². The molecular formula is C86H54B4N4O2. The zero-order valence-corrected chi connectivity index (χ0v) is 52.1. The lowest BCUT2D eigenvalue weighted by Crippen LogP contribution is -2.84. The fourth-order valence-electron chi connectivity index (χ4n) is 18.2. The highest BCUT2D eigenvalue weighted by Gasteiger charge is 2.58. The molecule has 0 radical (unpaired) electrons. The maximum atomic E-state index is 8.01. The van der Waals surface area contributed by atoms with E-state index in [9.17, 15) is 0 Å². The number of fused-ring (bicyclic) bond motifs is 12. The quantitative estimate of drug-likeness (QED) is 0.162. The molecule has 0 saturated carbocycles. The van der Waals surface area contributed by atoms with Crippen LogP contribution in [0.4, 0.5) is 0 Å². The van der Waals surface area contributed by atoms with Gasteiger partial charge in [-0.1, -0.05) is 323 Å². The van der Waals surface area contributed by atoms with Gasteiger partial charge in [-0.3, -0.25) is 9.19 Å². The second-order valence-corrected chi connectivity index (χ2v) is 26.5. The van der Waals surface area contributed by atoms with E-state index in [4.69, 9.17) is 19.3 Å². The highest BCUT2D eigenvalue weighted by atomic mass is 16.4. The summed E-state index contributed by atoms with van der Waals surface area (Å²) in [5.41, 5.74) is 24.5. The summed E-state index contributed by atoms with van der Waals surface area (Å²) in [4.78, 5) is 0. The normalized spacial score (nSPS) is 16.3. The van der Waals surface area contributed by atoms with Gasteiger partial charge < -0.3 is 9.14 Å². The smallest absolute Gasteiger partial charge is 0.475 e. The van der Waals surface area contributed by atoms with Crippen molar-refractivity contribution in [3.63, 3.8) is 0 Å². The van der Waals surface area contributed by atoms with Crippen LogP contribution in [0.2, 0.25) is 0 Å². The molecule has 0 amide bonds. The number of hydrogen-bond acceptors (Lipinski definition) is 4. The van der Waals surface area contributed by atoms with Gasteiger partial charge in [0.2, 0.25) is 0 Å². The van der Waals surface area contributed by atoms with Gasteiger partial charge in [0.05, 0.1) is 12.4 Å². The van der Waals surface area contributed by atoms with E-state index in [0.717, 1.165) is 21.5 Å². The summed E-state index contributed by atoms with van der Waals surface area (Å²) >= 11 is 0. The molecule has 6 aliphatic heterocycles. The van der Waals surface area contributed by atoms with E-state index in [1.54, 1.807) is 0 Å². The van der Waals surface area contributed by atoms with Gasteiger partial charge in [0, 0.05) is 21.5 Å². The first-order valence-electron chi connectivity index (χ1n) is 33.4. The molecule has 17 aromatic rings. The lowest BCUT2D eigenvalue weighted by Gasteiger charge is -2.42. The van der Waals surface area contributed by atoms with Gasteiger partial charge in [0.25, 0.3) is 0 Å². The summed E-state index contributed by atoms with van der Waals surface area (Å²) in [5.74, 6) is 0. The monoisotopic (exact) mass is 1220 g/mol. The minimum Gasteiger partial charge on any atom is -0.582 e. The van der Waals surface area contributed by atoms with Crippen LogP contribution in [-0.2, 0) is 9.14 Å². The molecule has 0 fully saturated rings. The molecule has 0 spiro atoms. The highest BCUT2D eigenvalue weighted by molar-refractivity contribution is 7.04. The Morgan fingerprint density at radius 3 is 0.896 bits per heavy atom. The molecule has 6 nitrogen and oxygen atoms in total. The second kappa shape index (κ2) is 20.4. The lowest BCUT2D eigenvalue weighted by molar-refractivity contribution is -0.617. The van der Waals surface area contributed by atoms with Crippen molar-refractivity contribution in [2.45, 2.75) is 0 Å². The van der Waals surface area contributed by atoms with Crippen molar-refractivity contribution >= 4 is 135 Å². The molecule has 0 saturated heterocycles. The number of hydrogen-bond donors (Lipinski definition) is 0. The Morgan fingerprint density at radius 2 is 0.510 bits per heavy atom. The van der Waals surface area contributed by atoms with E-state index in [1.807, 2.05) is 48.8 Å². The minimum absolute atomic E-state index is 0.295. The molecule has 6 aliphatic rings. The van der Waals surface area contributed by atoms with Gasteiger partial charge in [0.15, 0.2) is 0 Å². The largest absolute Gasteiger partial charge is 0.582 e. The predicted molar refractivity (Wildman–Crippen MR) is 399 cm³/mol. The predicted octanol–water partition coefficient (Wildman–Crippen LogP) is 13.1. The van der Waals surface area contributed by atoms with E-state index >= 15 is 0 Å². The molecule has 2 atom stereocenters. The Bertz CT molecular complexity index is 5830. The van der Waals surface area contributed by atoms with Gasteiger partial charge in [-0.25, -0.2) is 0 Å². The molecular weight excluding hydrogens is 1160 g/mol. The van der Waals surface area contributed by atoms with Crippen molar-refractivity contribution in [2.24, 2.45) is 0 Å². The number of aromatic nitrogens is 4. The van der Waals surface area contributed by atoms with Crippen LogP contribution in [0.3, 0.4) is 0 Å². The van der Waals surface area contributed by atoms with Crippen molar-refractivity contribution in [1.29, 1.82) is 0 Å². The molecule has 23 rings (SSSR count). The zero-order valence-electron chi connectivity index (χ0n) is 52.1. The fourth-order valence-corrected chi connectivity index (χ4v) is 18.2. The van der Waals surface area contributed by atoms with Gasteiger partial charge in [0.1, 0.15) is 12.4 Å². The van der Waals surface area contributed by atoms with Crippen LogP contribution in [0.5, 0.6) is 0 Å². The summed E-state index contributed by atoms with van der Waals surface area (Å²) in [6, 6.07) is 110. The Morgan fingerprint density at radius 1 is 0.240 bits per heavy atom. The van der Waals surface area contributed by atoms with E-state index in [-0.39, 0.29) is 13.8 Å². The number of nitrogens with zero attached hydrogens (tertiary/aromatic N) is 4. The maximum Gasteiger partial charge on any atom is 0.475 e. The average Bonchev–Trinajstić information content (AvgIpc) is 1.32. The number of rotatable bonds is 2. The SMILES string of the molecule is c1cc2c3c(c1)-c1cccc4cccc(c14)B3O[B@@-]1([n+]3cc4ccccc4cn3)c3c-2cccc3-c2cccc3cccc1c23.c1cc2c3c(c1)-c1cccc4cccc(c14)B3O[B@@-]1([n+]3cc4ccccc4cn3)c3c-2cccc3-c2cccc3cccc1c23.c1ccccc1. The molecule has 0 unspecified atom stereocenters. The van der Waals surface area contributed by atoms with Gasteiger partial charge in [-0.2, -0.15) is 0 Å². The van der Waals surface area contributed by atoms with E-state index < -0.39 is 13.0 Å². The van der Waals surface area contributed by atoms with Gasteiger partial charge >= 0.3 is 26.8 Å². The average molecular weight is 1220 g/mol. The molecule has 0 aliphatic carbocycles. The molecule has 96 heavy (non-hydrogen) atoms. The molecule has 8 heterocycles. The second-order valence-electron chi connectivity index (χ2n) is 26.5. The first-order valence-corrected chi connectivity index (χ1v) is 33.4. The third-order valence-electron chi connectivity index (χ3n) is 21.9. The first kappa shape index (κ1) is 53.7. The summed E-state index contributed by atoms with van der Waals surface area (Å²) in [7, 11) is 0. The lowest BCUT2D eigenvalue weighted by atomic mass is 9.35. The molecule has 10 heteroatoms. The molecule has 442 valence electrons. The van der Waals surface area contributed by atoms with Gasteiger partial charge in [-0.15, -0.1) is 0 Å². The van der Waals surface area contributed by atoms with Crippen LogP contribution in [0.1, 0.15) is 0 Å². The summed E-state index contributed by atoms with van der Waals surface area (Å²) in [5, 5.41) is 24.9. The first-order chi connectivity index (χ1) is 47.6. The van der Waals surface area contributed by atoms with Crippen molar-refractivity contribution in [2.75, 3.05) is 0 Å². The van der Waals surface area contributed by atoms with Crippen LogP contribution in [0.15, 0.2) is 328 Å². The van der Waals surface area contributed by atoms with Gasteiger partial charge in [-0.05, 0) is 144 Å². The summed E-state index contributed by atoms with van der Waals surface area (Å²) in [6.45, 7) is -4.74. The molecule has 0 bridgehead atoms. The highest BCUT2D eigenvalue weighted by Crippen LogP contribution is 2.44. The summed E-state index contributed by atoms with van der Waals surface area (Å²) < 4.78 is 20.3. The fraction of sp³-hybridized carbons (Fsp3) is 0. The van der Waals surface area contributed by atoms with E-state index in [0.29, 0.717) is 0 Å². The summed E-state index contributed by atoms with van der Waals surface area (Å²) in [6.07, 6.45) is 8.41. The van der Waals surface area contributed by atoms with Crippen LogP contribution in [-0.4, -0.2) is 37.0 Å². The Kier molecular flexibility index (Phi) is 11.4. The van der Waals surface area contributed by atoms with Crippen molar-refractivity contribution in [3.8, 4) is 66.8 Å². The van der Waals surface area contributed by atoms with Crippen molar-refractivity contribution in [1.82, 2.24) is 10.2 Å². The van der Waals surface area contributed by atoms with Crippen LogP contribution >= 0.6 is 0 Å². The third kappa shape index (κ3) is 7.31. The Labute approximate surface area is 555 Å². The van der Waals surface area contributed by atoms with E-state index in [1.165, 1.54) is 154 Å². The Hall–Kier alpha value is -11.8. The van der Waals surface area contributed by atoms with Crippen molar-refractivity contribution < 1.29 is 18.3 Å². The Balaban J connectivity index is 0.000000117. The van der Waals surface area contributed by atoms with E-state index in [2.05, 4.69) is 288 Å². The zero-order chi connectivity index (χ0) is 62.8. The topological polar surface area (TPSA) is 52.0 Å². The van der Waals surface area contributed by atoms with Crippen LogP contribution < -0.4 is 52.9 Å². The standard InChI is InChI=1S/2C40H24B2N2O.C6H6/c2*1-2-10-28-24-44(43-23-27(28)9-1)42-36-22-6-14-26-12-4-16-30(38(26)36)33-19-8-20-34(40(33)42)32-18-7-17-31-29-15-3-11-25-13-5-21-35(37(25)29)41(45-42)39(31)32;1-2-4-6-5-3-1/h2*1-24H;1-6H/t2*42-;/m11./s1. The van der Waals surface area contributed by atoms with Crippen LogP contribution in [0.25, 0.3) is 131 Å². The molecule has 15 aromatic carbocycles. The maximum absolute atomic E-state index is 8.01. The third-order valence-corrected chi connectivity index (χ3v) is 21.9. The van der Waals surface area contributed by atoms with Crippen LogP contribution in [0, 0.1) is 0 Å². The molecule has 0 N–H and O–H groups in total. The number of benzene rings is 15.